The molecule has 1 N–H and O–H groups in total. The predicted molar refractivity (Wildman–Crippen MR) is 127 cm³/mol. The molecule has 7 heteroatoms. The predicted octanol–water partition coefficient (Wildman–Crippen LogP) is 4.98. The minimum Gasteiger partial charge on any atom is -0.352 e. The highest BCUT2D eigenvalue weighted by atomic mass is 32.2. The zero-order valence-electron chi connectivity index (χ0n) is 19.2. The Bertz CT molecular complexity index is 1060. The molecule has 1 aliphatic heterocycles. The van der Waals surface area contributed by atoms with Gasteiger partial charge < -0.3 is 5.32 Å². The maximum atomic E-state index is 13.4. The van der Waals surface area contributed by atoms with Crippen molar-refractivity contribution in [2.24, 2.45) is 5.41 Å². The Morgan fingerprint density at radius 1 is 1.03 bits per heavy atom. The molecule has 0 bridgehead atoms. The Balaban J connectivity index is 1.42. The van der Waals surface area contributed by atoms with E-state index >= 15 is 0 Å². The molecule has 2 fully saturated rings. The number of carbonyl (C=O) groups excluding carboxylic acids is 1. The first-order valence-corrected chi connectivity index (χ1v) is 13.3. The Labute approximate surface area is 196 Å². The van der Waals surface area contributed by atoms with E-state index in [0.717, 1.165) is 5.56 Å². The number of rotatable bonds is 6. The molecule has 0 radical (unpaired) electrons. The van der Waals surface area contributed by atoms with Crippen molar-refractivity contribution in [2.45, 2.75) is 69.2 Å². The summed E-state index contributed by atoms with van der Waals surface area (Å²) in [7, 11) is -3.67. The Kier molecular flexibility index (Phi) is 7.19. The zero-order chi connectivity index (χ0) is 23.5. The van der Waals surface area contributed by atoms with E-state index in [0.29, 0.717) is 25.3 Å². The van der Waals surface area contributed by atoms with Crippen molar-refractivity contribution in [3.8, 4) is 0 Å². The fourth-order valence-corrected chi connectivity index (χ4v) is 6.68. The third-order valence-corrected chi connectivity index (χ3v) is 9.03. The minimum absolute atomic E-state index is 0.148. The van der Waals surface area contributed by atoms with E-state index in [1.54, 1.807) is 24.3 Å². The van der Waals surface area contributed by atoms with Gasteiger partial charge in [0.2, 0.25) is 15.9 Å². The second-order valence-corrected chi connectivity index (χ2v) is 11.7. The summed E-state index contributed by atoms with van der Waals surface area (Å²) in [4.78, 5) is 13.3. The van der Waals surface area contributed by atoms with Gasteiger partial charge in [-0.15, -0.1) is 0 Å². The van der Waals surface area contributed by atoms with Crippen molar-refractivity contribution in [2.75, 3.05) is 13.1 Å². The zero-order valence-corrected chi connectivity index (χ0v) is 20.0. The minimum atomic E-state index is -3.67. The Morgan fingerprint density at radius 3 is 2.36 bits per heavy atom. The van der Waals surface area contributed by atoms with Crippen LogP contribution in [0.25, 0.3) is 0 Å². The van der Waals surface area contributed by atoms with E-state index in [1.807, 2.05) is 19.1 Å². The van der Waals surface area contributed by atoms with E-state index < -0.39 is 15.4 Å². The average Bonchev–Trinajstić information content (AvgIpc) is 2.84. The van der Waals surface area contributed by atoms with Gasteiger partial charge in [0.1, 0.15) is 5.82 Å². The van der Waals surface area contributed by atoms with E-state index in [4.69, 9.17) is 0 Å². The van der Waals surface area contributed by atoms with Crippen molar-refractivity contribution >= 4 is 15.9 Å². The maximum Gasteiger partial charge on any atom is 0.243 e. The molecule has 5 nitrogen and oxygen atoms in total. The third-order valence-electron chi connectivity index (χ3n) is 7.17. The van der Waals surface area contributed by atoms with Gasteiger partial charge in [-0.3, -0.25) is 4.79 Å². The summed E-state index contributed by atoms with van der Waals surface area (Å²) in [5.41, 5.74) is 1.21. The number of sulfonamides is 1. The van der Waals surface area contributed by atoms with Gasteiger partial charge in [-0.25, -0.2) is 12.8 Å². The van der Waals surface area contributed by atoms with Crippen LogP contribution in [0.3, 0.4) is 0 Å². The summed E-state index contributed by atoms with van der Waals surface area (Å²) in [5.74, 6) is 0.0231. The van der Waals surface area contributed by atoms with E-state index in [1.165, 1.54) is 54.1 Å². The molecule has 4 rings (SSSR count). The number of carbonyl (C=O) groups is 1. The molecule has 1 heterocycles. The largest absolute Gasteiger partial charge is 0.352 e. The van der Waals surface area contributed by atoms with Gasteiger partial charge in [0, 0.05) is 19.6 Å². The van der Waals surface area contributed by atoms with Gasteiger partial charge in [0.05, 0.1) is 10.3 Å². The Morgan fingerprint density at radius 2 is 1.70 bits per heavy atom. The van der Waals surface area contributed by atoms with Gasteiger partial charge in [0.25, 0.3) is 0 Å². The third kappa shape index (κ3) is 5.46. The van der Waals surface area contributed by atoms with E-state index in [2.05, 4.69) is 5.32 Å². The number of hydrogen-bond acceptors (Lipinski definition) is 3. The number of benzene rings is 2. The molecule has 1 amide bonds. The summed E-state index contributed by atoms with van der Waals surface area (Å²) < 4.78 is 41.3. The fourth-order valence-electron chi connectivity index (χ4n) is 5.08. The fraction of sp³-hybridized carbons (Fsp3) is 0.500. The lowest BCUT2D eigenvalue weighted by Crippen LogP contribution is -2.51. The summed E-state index contributed by atoms with van der Waals surface area (Å²) in [6.07, 6.45) is 7.34. The molecule has 1 saturated carbocycles. The lowest BCUT2D eigenvalue weighted by molar-refractivity contribution is -0.132. The van der Waals surface area contributed by atoms with Crippen molar-refractivity contribution in [3.63, 3.8) is 0 Å². The van der Waals surface area contributed by atoms with Gasteiger partial charge in [-0.05, 0) is 73.9 Å². The number of nitrogens with one attached hydrogen (secondary N) is 1. The van der Waals surface area contributed by atoms with Crippen LogP contribution >= 0.6 is 0 Å². The Hall–Kier alpha value is -2.25. The van der Waals surface area contributed by atoms with Crippen molar-refractivity contribution in [1.29, 1.82) is 0 Å². The second-order valence-electron chi connectivity index (χ2n) is 9.72. The SMILES string of the molecule is C[C@@]1(C(=O)NCc2ccc(F)cc2)CCCN(S(=O)(=O)c2ccc(C3CCCCC3)cc2)C1. The number of nitrogens with zero attached hydrogens (tertiary/aromatic N) is 1. The summed E-state index contributed by atoms with van der Waals surface area (Å²) in [6, 6.07) is 13.3. The van der Waals surface area contributed by atoms with Crippen molar-refractivity contribution in [1.82, 2.24) is 9.62 Å². The molecule has 33 heavy (non-hydrogen) atoms. The van der Waals surface area contributed by atoms with Crippen molar-refractivity contribution < 1.29 is 17.6 Å². The quantitative estimate of drug-likeness (QED) is 0.645. The summed E-state index contributed by atoms with van der Waals surface area (Å²) >= 11 is 0. The lowest BCUT2D eigenvalue weighted by Gasteiger charge is -2.38. The van der Waals surface area contributed by atoms with Gasteiger partial charge in [-0.2, -0.15) is 4.31 Å². The number of halogens is 1. The van der Waals surface area contributed by atoms with Crippen LogP contribution in [0.5, 0.6) is 0 Å². The molecule has 2 aromatic rings. The monoisotopic (exact) mass is 472 g/mol. The summed E-state index contributed by atoms with van der Waals surface area (Å²) in [6.45, 7) is 2.66. The maximum absolute atomic E-state index is 13.4. The summed E-state index contributed by atoms with van der Waals surface area (Å²) in [5, 5.41) is 2.90. The van der Waals surface area contributed by atoms with Crippen LogP contribution in [0.2, 0.25) is 0 Å². The molecular weight excluding hydrogens is 439 g/mol. The van der Waals surface area contributed by atoms with Crippen LogP contribution in [-0.2, 0) is 21.4 Å². The topological polar surface area (TPSA) is 66.5 Å². The van der Waals surface area contributed by atoms with Crippen LogP contribution in [0, 0.1) is 11.2 Å². The van der Waals surface area contributed by atoms with Gasteiger partial charge in [0.15, 0.2) is 0 Å². The molecule has 1 atom stereocenters. The molecule has 2 aromatic carbocycles. The van der Waals surface area contributed by atoms with Crippen LogP contribution < -0.4 is 5.32 Å². The molecular formula is C26H33FN2O3S. The molecule has 1 aliphatic carbocycles. The highest BCUT2D eigenvalue weighted by Gasteiger charge is 2.41. The van der Waals surface area contributed by atoms with E-state index in [9.17, 15) is 17.6 Å². The van der Waals surface area contributed by atoms with Crippen LogP contribution in [0.1, 0.15) is 68.9 Å². The molecule has 2 aliphatic rings. The standard InChI is InChI=1S/C26H33FN2O3S/c1-26(25(30)28-18-20-8-12-23(27)13-9-20)16-5-17-29(19-26)33(31,32)24-14-10-22(11-15-24)21-6-3-2-4-7-21/h8-15,21H,2-7,16-19H2,1H3,(H,28,30)/t26-/m1/s1. The smallest absolute Gasteiger partial charge is 0.243 e. The van der Waals surface area contributed by atoms with E-state index in [-0.39, 0.29) is 29.7 Å². The number of hydrogen-bond donors (Lipinski definition) is 1. The number of amides is 1. The molecule has 1 saturated heterocycles. The average molecular weight is 473 g/mol. The van der Waals surface area contributed by atoms with Crippen molar-refractivity contribution in [3.05, 3.63) is 65.5 Å². The lowest BCUT2D eigenvalue weighted by atomic mass is 9.82. The molecule has 0 aromatic heterocycles. The molecule has 178 valence electrons. The molecule has 0 unspecified atom stereocenters. The van der Waals surface area contributed by atoms with Crippen LogP contribution in [-0.4, -0.2) is 31.7 Å². The first kappa shape index (κ1) is 23.9. The van der Waals surface area contributed by atoms with Crippen LogP contribution in [0.15, 0.2) is 53.4 Å². The normalized spacial score (nSPS) is 22.7. The highest BCUT2D eigenvalue weighted by Crippen LogP contribution is 2.35. The number of piperidine rings is 1. The van der Waals surface area contributed by atoms with Gasteiger partial charge >= 0.3 is 0 Å². The first-order valence-electron chi connectivity index (χ1n) is 11.9. The highest BCUT2D eigenvalue weighted by molar-refractivity contribution is 7.89. The molecule has 0 spiro atoms. The van der Waals surface area contributed by atoms with Crippen LogP contribution in [0.4, 0.5) is 4.39 Å². The second kappa shape index (κ2) is 9.94. The van der Waals surface area contributed by atoms with Gasteiger partial charge in [-0.1, -0.05) is 43.5 Å². The first-order chi connectivity index (χ1) is 15.8.